The van der Waals surface area contributed by atoms with Gasteiger partial charge in [0.1, 0.15) is 17.5 Å². The highest BCUT2D eigenvalue weighted by atomic mass is 16.5. The molecule has 1 heterocycles. The molecule has 1 aliphatic heterocycles. The van der Waals surface area contributed by atoms with Crippen LogP contribution in [0.1, 0.15) is 16.8 Å². The van der Waals surface area contributed by atoms with Gasteiger partial charge in [0, 0.05) is 12.0 Å². The minimum Gasteiger partial charge on any atom is -0.497 e. The molecule has 17 heavy (non-hydrogen) atoms. The van der Waals surface area contributed by atoms with Crippen molar-refractivity contribution in [3.05, 3.63) is 29.8 Å². The predicted octanol–water partition coefficient (Wildman–Crippen LogP) is 1.48. The molecule has 4 heteroatoms. The van der Waals surface area contributed by atoms with Gasteiger partial charge in [0.2, 0.25) is 0 Å². The van der Waals surface area contributed by atoms with E-state index in [9.17, 15) is 9.59 Å². The molecule has 1 aromatic rings. The molecule has 0 bridgehead atoms. The average Bonchev–Trinajstić information content (AvgIpc) is 2.38. The molecule has 1 aliphatic rings. The number of Topliss-reactive ketones (excluding diaryl/α,β-unsaturated/α-hetero) is 2. The number of methoxy groups -OCH3 is 1. The Morgan fingerprint density at radius 3 is 3.00 bits per heavy atom. The minimum atomic E-state index is -0.657. The van der Waals surface area contributed by atoms with Crippen LogP contribution in [-0.4, -0.2) is 31.9 Å². The van der Waals surface area contributed by atoms with Crippen LogP contribution < -0.4 is 4.74 Å². The zero-order valence-corrected chi connectivity index (χ0v) is 9.64. The van der Waals surface area contributed by atoms with E-state index in [2.05, 4.69) is 0 Å². The molecule has 0 amide bonds. The third-order valence-corrected chi connectivity index (χ3v) is 2.84. The third-order valence-electron chi connectivity index (χ3n) is 2.84. The lowest BCUT2D eigenvalue weighted by Crippen LogP contribution is -2.33. The predicted molar refractivity (Wildman–Crippen MR) is 61.3 cm³/mol. The number of hydrogen-bond acceptors (Lipinski definition) is 4. The molecule has 1 aromatic carbocycles. The summed E-state index contributed by atoms with van der Waals surface area (Å²) < 4.78 is 10.2. The van der Waals surface area contributed by atoms with Crippen LogP contribution in [0.5, 0.6) is 5.75 Å². The second-order valence-electron chi connectivity index (χ2n) is 3.94. The van der Waals surface area contributed by atoms with Gasteiger partial charge in [-0.1, -0.05) is 12.1 Å². The summed E-state index contributed by atoms with van der Waals surface area (Å²) >= 11 is 0. The molecule has 90 valence electrons. The van der Waals surface area contributed by atoms with Gasteiger partial charge in [0.25, 0.3) is 0 Å². The highest BCUT2D eigenvalue weighted by Crippen LogP contribution is 2.19. The van der Waals surface area contributed by atoms with Crippen molar-refractivity contribution in [1.82, 2.24) is 0 Å². The fourth-order valence-corrected chi connectivity index (χ4v) is 1.84. The maximum atomic E-state index is 12.1. The third kappa shape index (κ3) is 2.53. The van der Waals surface area contributed by atoms with Gasteiger partial charge >= 0.3 is 0 Å². The van der Waals surface area contributed by atoms with Gasteiger partial charge < -0.3 is 9.47 Å². The van der Waals surface area contributed by atoms with Crippen molar-refractivity contribution in [1.29, 1.82) is 0 Å². The van der Waals surface area contributed by atoms with E-state index in [1.54, 1.807) is 31.4 Å². The van der Waals surface area contributed by atoms with E-state index in [1.807, 2.05) is 0 Å². The first-order chi connectivity index (χ1) is 8.22. The molecule has 1 saturated heterocycles. The maximum absolute atomic E-state index is 12.1. The van der Waals surface area contributed by atoms with E-state index < -0.39 is 5.92 Å². The fraction of sp³-hybridized carbons (Fsp3) is 0.385. The summed E-state index contributed by atoms with van der Waals surface area (Å²) in [5, 5.41) is 0. The zero-order valence-electron chi connectivity index (χ0n) is 9.64. The van der Waals surface area contributed by atoms with Crippen molar-refractivity contribution in [2.45, 2.75) is 6.42 Å². The molecule has 2 rings (SSSR count). The standard InChI is InChI=1S/C13H14O4/c1-16-10-4-2-3-9(7-10)13(15)11-8-17-6-5-12(11)14/h2-4,7,11H,5-6,8H2,1H3. The van der Waals surface area contributed by atoms with E-state index in [1.165, 1.54) is 0 Å². The minimum absolute atomic E-state index is 0.0379. The van der Waals surface area contributed by atoms with Gasteiger partial charge in [-0.2, -0.15) is 0 Å². The molecule has 0 aromatic heterocycles. The van der Waals surface area contributed by atoms with Crippen LogP contribution in [0.2, 0.25) is 0 Å². The van der Waals surface area contributed by atoms with E-state index >= 15 is 0 Å². The van der Waals surface area contributed by atoms with E-state index in [0.29, 0.717) is 24.3 Å². The summed E-state index contributed by atoms with van der Waals surface area (Å²) in [6, 6.07) is 6.83. The summed E-state index contributed by atoms with van der Waals surface area (Å²) in [6.07, 6.45) is 0.320. The monoisotopic (exact) mass is 234 g/mol. The molecular weight excluding hydrogens is 220 g/mol. The lowest BCUT2D eigenvalue weighted by Gasteiger charge is -2.19. The highest BCUT2D eigenvalue weighted by molar-refractivity contribution is 6.11. The van der Waals surface area contributed by atoms with Gasteiger partial charge in [-0.3, -0.25) is 9.59 Å². The molecule has 0 radical (unpaired) electrons. The number of hydrogen-bond donors (Lipinski definition) is 0. The lowest BCUT2D eigenvalue weighted by molar-refractivity contribution is -0.128. The average molecular weight is 234 g/mol. The molecule has 1 fully saturated rings. The second kappa shape index (κ2) is 5.10. The van der Waals surface area contributed by atoms with Crippen LogP contribution in [-0.2, 0) is 9.53 Å². The van der Waals surface area contributed by atoms with Crippen LogP contribution in [0.25, 0.3) is 0 Å². The summed E-state index contributed by atoms with van der Waals surface area (Å²) in [4.78, 5) is 23.8. The Labute approximate surface area is 99.5 Å². The van der Waals surface area contributed by atoms with Crippen LogP contribution in [0.15, 0.2) is 24.3 Å². The molecule has 0 spiro atoms. The molecular formula is C13H14O4. The molecule has 0 aliphatic carbocycles. The number of rotatable bonds is 3. The van der Waals surface area contributed by atoms with Gasteiger partial charge in [0.15, 0.2) is 5.78 Å². The van der Waals surface area contributed by atoms with Gasteiger partial charge in [-0.15, -0.1) is 0 Å². The number of ether oxygens (including phenoxy) is 2. The molecule has 1 unspecified atom stereocenters. The Morgan fingerprint density at radius 2 is 2.29 bits per heavy atom. The molecule has 1 atom stereocenters. The summed E-state index contributed by atoms with van der Waals surface area (Å²) in [7, 11) is 1.54. The quantitative estimate of drug-likeness (QED) is 0.587. The number of ketones is 2. The van der Waals surface area contributed by atoms with E-state index in [-0.39, 0.29) is 18.2 Å². The van der Waals surface area contributed by atoms with Gasteiger partial charge in [-0.25, -0.2) is 0 Å². The van der Waals surface area contributed by atoms with E-state index in [4.69, 9.17) is 9.47 Å². The van der Waals surface area contributed by atoms with Crippen LogP contribution >= 0.6 is 0 Å². The first-order valence-electron chi connectivity index (χ1n) is 5.51. The SMILES string of the molecule is COc1cccc(C(=O)C2COCCC2=O)c1. The summed E-state index contributed by atoms with van der Waals surface area (Å²) in [5.74, 6) is -0.270. The largest absolute Gasteiger partial charge is 0.497 e. The Balaban J connectivity index is 2.20. The highest BCUT2D eigenvalue weighted by Gasteiger charge is 2.30. The Kier molecular flexibility index (Phi) is 3.54. The lowest BCUT2D eigenvalue weighted by atomic mass is 9.91. The van der Waals surface area contributed by atoms with Crippen molar-refractivity contribution < 1.29 is 19.1 Å². The first kappa shape index (κ1) is 11.8. The van der Waals surface area contributed by atoms with Crippen molar-refractivity contribution in [3.63, 3.8) is 0 Å². The van der Waals surface area contributed by atoms with Crippen molar-refractivity contribution >= 4 is 11.6 Å². The Bertz CT molecular complexity index is 439. The number of benzene rings is 1. The molecule has 0 N–H and O–H groups in total. The molecule has 0 saturated carbocycles. The second-order valence-corrected chi connectivity index (χ2v) is 3.94. The van der Waals surface area contributed by atoms with Crippen LogP contribution in [0.4, 0.5) is 0 Å². The first-order valence-corrected chi connectivity index (χ1v) is 5.51. The maximum Gasteiger partial charge on any atom is 0.175 e. The Hall–Kier alpha value is -1.68. The number of carbonyl (C=O) groups excluding carboxylic acids is 2. The van der Waals surface area contributed by atoms with Crippen LogP contribution in [0.3, 0.4) is 0 Å². The van der Waals surface area contributed by atoms with Gasteiger partial charge in [-0.05, 0) is 12.1 Å². The van der Waals surface area contributed by atoms with Crippen molar-refractivity contribution in [2.24, 2.45) is 5.92 Å². The topological polar surface area (TPSA) is 52.6 Å². The van der Waals surface area contributed by atoms with Crippen LogP contribution in [0, 0.1) is 5.92 Å². The summed E-state index contributed by atoms with van der Waals surface area (Å²) in [5.41, 5.74) is 0.494. The summed E-state index contributed by atoms with van der Waals surface area (Å²) in [6.45, 7) is 0.607. The van der Waals surface area contributed by atoms with Crippen molar-refractivity contribution in [2.75, 3.05) is 20.3 Å². The number of carbonyl (C=O) groups is 2. The normalized spacial score (nSPS) is 20.1. The zero-order chi connectivity index (χ0) is 12.3. The fourth-order valence-electron chi connectivity index (χ4n) is 1.84. The Morgan fingerprint density at radius 1 is 1.47 bits per heavy atom. The van der Waals surface area contributed by atoms with E-state index in [0.717, 1.165) is 0 Å². The molecule has 4 nitrogen and oxygen atoms in total. The van der Waals surface area contributed by atoms with Crippen molar-refractivity contribution in [3.8, 4) is 5.75 Å². The van der Waals surface area contributed by atoms with Gasteiger partial charge in [0.05, 0.1) is 20.3 Å². The smallest absolute Gasteiger partial charge is 0.175 e.